The summed E-state index contributed by atoms with van der Waals surface area (Å²) >= 11 is 3.37. The van der Waals surface area contributed by atoms with Gasteiger partial charge in [0, 0.05) is 5.56 Å². The Balaban J connectivity index is 2.38. The first-order valence-electron chi connectivity index (χ1n) is 7.72. The number of rotatable bonds is 6. The zero-order chi connectivity index (χ0) is 18.1. The van der Waals surface area contributed by atoms with Crippen molar-refractivity contribution in [2.45, 2.75) is 50.0 Å². The van der Waals surface area contributed by atoms with Crippen LogP contribution in [-0.2, 0) is 31.3 Å². The van der Waals surface area contributed by atoms with Crippen LogP contribution in [0.15, 0.2) is 24.3 Å². The summed E-state index contributed by atoms with van der Waals surface area (Å²) in [4.78, 5) is 22.2. The second kappa shape index (κ2) is 7.21. The predicted molar refractivity (Wildman–Crippen MR) is 90.1 cm³/mol. The van der Waals surface area contributed by atoms with E-state index in [1.165, 1.54) is 0 Å². The highest BCUT2D eigenvalue weighted by molar-refractivity contribution is 9.09. The highest BCUT2D eigenvalue weighted by atomic mass is 79.9. The van der Waals surface area contributed by atoms with Crippen LogP contribution in [0.1, 0.15) is 31.9 Å². The number of aliphatic carboxylic acids is 2. The number of alkyl halides is 1. The summed E-state index contributed by atoms with van der Waals surface area (Å²) in [5.41, 5.74) is 1.71. The Hall–Kier alpha value is -1.44. The number of halogens is 1. The maximum absolute atomic E-state index is 11.3. The summed E-state index contributed by atoms with van der Waals surface area (Å²) in [6, 6.07) is 7.42. The number of hydrogen-bond donors (Lipinski definition) is 2. The molecule has 0 saturated carbocycles. The number of carboxylic acid groups (broad SMARTS) is 2. The standard InChI is InChI=1S/C17H21BrO6/c1-9(2)8-11-4-6-12(7-5-11)17(10(3)18)23-13(15(19)20)14(24-17)16(21)22/h4-7,9-10,13-14H,8H2,1-3H3,(H,19,20)(H,21,22)/t10?,13-,14-/m1/s1. The van der Waals surface area contributed by atoms with Crippen molar-refractivity contribution < 1.29 is 29.3 Å². The summed E-state index contributed by atoms with van der Waals surface area (Å²) in [5, 5.41) is 18.5. The van der Waals surface area contributed by atoms with Crippen LogP contribution in [0.25, 0.3) is 0 Å². The van der Waals surface area contributed by atoms with E-state index in [-0.39, 0.29) is 0 Å². The van der Waals surface area contributed by atoms with E-state index in [4.69, 9.17) is 9.47 Å². The molecule has 0 spiro atoms. The van der Waals surface area contributed by atoms with Gasteiger partial charge in [-0.15, -0.1) is 0 Å². The molecule has 0 bridgehead atoms. The molecule has 0 radical (unpaired) electrons. The van der Waals surface area contributed by atoms with Gasteiger partial charge in [0.15, 0.2) is 12.2 Å². The Morgan fingerprint density at radius 2 is 1.54 bits per heavy atom. The van der Waals surface area contributed by atoms with Gasteiger partial charge in [0.1, 0.15) is 0 Å². The number of hydrogen-bond acceptors (Lipinski definition) is 4. The number of carboxylic acids is 2. The molecule has 1 heterocycles. The molecule has 1 fully saturated rings. The normalized spacial score (nSPS) is 24.0. The van der Waals surface area contributed by atoms with Crippen LogP contribution in [0, 0.1) is 5.92 Å². The molecular formula is C17H21BrO6. The Morgan fingerprint density at radius 3 is 1.88 bits per heavy atom. The van der Waals surface area contributed by atoms with Crippen molar-refractivity contribution >= 4 is 27.9 Å². The molecule has 132 valence electrons. The maximum Gasteiger partial charge on any atom is 0.336 e. The van der Waals surface area contributed by atoms with Crippen LogP contribution in [0.5, 0.6) is 0 Å². The van der Waals surface area contributed by atoms with E-state index in [1.807, 2.05) is 12.1 Å². The van der Waals surface area contributed by atoms with E-state index in [1.54, 1.807) is 19.1 Å². The molecule has 2 rings (SSSR count). The van der Waals surface area contributed by atoms with Crippen LogP contribution < -0.4 is 0 Å². The highest BCUT2D eigenvalue weighted by Gasteiger charge is 2.57. The van der Waals surface area contributed by atoms with Crippen LogP contribution in [0.2, 0.25) is 0 Å². The molecule has 24 heavy (non-hydrogen) atoms. The van der Waals surface area contributed by atoms with Crippen LogP contribution in [-0.4, -0.2) is 39.2 Å². The van der Waals surface area contributed by atoms with Crippen molar-refractivity contribution in [3.8, 4) is 0 Å². The molecular weight excluding hydrogens is 380 g/mol. The van der Waals surface area contributed by atoms with Crippen molar-refractivity contribution in [2.24, 2.45) is 5.92 Å². The van der Waals surface area contributed by atoms with Gasteiger partial charge in [0.2, 0.25) is 5.79 Å². The fraction of sp³-hybridized carbons (Fsp3) is 0.529. The lowest BCUT2D eigenvalue weighted by molar-refractivity contribution is -0.191. The predicted octanol–water partition coefficient (Wildman–Crippen LogP) is 2.77. The smallest absolute Gasteiger partial charge is 0.336 e. The minimum Gasteiger partial charge on any atom is -0.479 e. The average Bonchev–Trinajstić information content (AvgIpc) is 2.90. The molecule has 1 aromatic carbocycles. The van der Waals surface area contributed by atoms with Gasteiger partial charge in [-0.2, -0.15) is 0 Å². The summed E-state index contributed by atoms with van der Waals surface area (Å²) in [6.07, 6.45) is -2.23. The van der Waals surface area contributed by atoms with Gasteiger partial charge in [0.25, 0.3) is 0 Å². The monoisotopic (exact) mass is 400 g/mol. The molecule has 2 N–H and O–H groups in total. The van der Waals surface area contributed by atoms with Crippen molar-refractivity contribution in [3.05, 3.63) is 35.4 Å². The molecule has 0 aromatic heterocycles. The Labute approximate surface area is 148 Å². The largest absolute Gasteiger partial charge is 0.479 e. The van der Waals surface area contributed by atoms with E-state index in [0.29, 0.717) is 11.5 Å². The number of benzene rings is 1. The van der Waals surface area contributed by atoms with Crippen molar-refractivity contribution in [1.29, 1.82) is 0 Å². The zero-order valence-electron chi connectivity index (χ0n) is 13.7. The molecule has 1 aliphatic heterocycles. The summed E-state index contributed by atoms with van der Waals surface area (Å²) in [6.45, 7) is 5.97. The molecule has 1 aromatic rings. The molecule has 0 amide bonds. The molecule has 0 aliphatic carbocycles. The maximum atomic E-state index is 11.3. The van der Waals surface area contributed by atoms with Crippen LogP contribution >= 0.6 is 15.9 Å². The minimum absolute atomic E-state index is 0.452. The topological polar surface area (TPSA) is 93.1 Å². The minimum atomic E-state index is -1.57. The number of ether oxygens (including phenoxy) is 2. The molecule has 6 nitrogen and oxygen atoms in total. The molecule has 1 unspecified atom stereocenters. The lowest BCUT2D eigenvalue weighted by Crippen LogP contribution is -2.37. The lowest BCUT2D eigenvalue weighted by Gasteiger charge is -2.31. The molecule has 7 heteroatoms. The van der Waals surface area contributed by atoms with Gasteiger partial charge in [-0.25, -0.2) is 9.59 Å². The van der Waals surface area contributed by atoms with Gasteiger partial charge in [0.05, 0.1) is 4.83 Å². The third kappa shape index (κ3) is 3.63. The van der Waals surface area contributed by atoms with Crippen LogP contribution in [0.4, 0.5) is 0 Å². The summed E-state index contributed by atoms with van der Waals surface area (Å²) in [5.74, 6) is -3.70. The van der Waals surface area contributed by atoms with Gasteiger partial charge >= 0.3 is 11.9 Å². The van der Waals surface area contributed by atoms with E-state index in [2.05, 4.69) is 29.8 Å². The third-order valence-electron chi connectivity index (χ3n) is 3.89. The van der Waals surface area contributed by atoms with E-state index >= 15 is 0 Å². The Bertz CT molecular complexity index is 588. The molecule has 3 atom stereocenters. The fourth-order valence-electron chi connectivity index (χ4n) is 2.79. The van der Waals surface area contributed by atoms with Gasteiger partial charge in [-0.05, 0) is 24.8 Å². The van der Waals surface area contributed by atoms with E-state index in [0.717, 1.165) is 12.0 Å². The lowest BCUT2D eigenvalue weighted by atomic mass is 9.97. The zero-order valence-corrected chi connectivity index (χ0v) is 15.3. The van der Waals surface area contributed by atoms with Gasteiger partial charge < -0.3 is 19.7 Å². The highest BCUT2D eigenvalue weighted by Crippen LogP contribution is 2.43. The van der Waals surface area contributed by atoms with Gasteiger partial charge in [-0.3, -0.25) is 0 Å². The van der Waals surface area contributed by atoms with E-state index < -0.39 is 34.8 Å². The van der Waals surface area contributed by atoms with Crippen molar-refractivity contribution in [1.82, 2.24) is 0 Å². The Kier molecular flexibility index (Phi) is 5.67. The van der Waals surface area contributed by atoms with Gasteiger partial charge in [-0.1, -0.05) is 54.0 Å². The summed E-state index contributed by atoms with van der Waals surface area (Å²) in [7, 11) is 0. The Morgan fingerprint density at radius 1 is 1.08 bits per heavy atom. The molecule has 1 aliphatic rings. The number of carbonyl (C=O) groups is 2. The average molecular weight is 401 g/mol. The van der Waals surface area contributed by atoms with Crippen molar-refractivity contribution in [2.75, 3.05) is 0 Å². The third-order valence-corrected chi connectivity index (χ3v) is 4.49. The second-order valence-electron chi connectivity index (χ2n) is 6.33. The van der Waals surface area contributed by atoms with E-state index in [9.17, 15) is 19.8 Å². The first kappa shape index (κ1) is 18.9. The SMILES string of the molecule is CC(C)Cc1ccc(C2(C(C)Br)O[C@@H](C(=O)O)[C@H](C(=O)O)O2)cc1. The quantitative estimate of drug-likeness (QED) is 0.713. The first-order chi connectivity index (χ1) is 11.2. The van der Waals surface area contributed by atoms with Crippen molar-refractivity contribution in [3.63, 3.8) is 0 Å². The summed E-state index contributed by atoms with van der Waals surface area (Å²) < 4.78 is 11.2. The second-order valence-corrected chi connectivity index (χ2v) is 7.71. The molecule has 1 saturated heterocycles. The first-order valence-corrected chi connectivity index (χ1v) is 8.63. The fourth-order valence-corrected chi connectivity index (χ4v) is 3.27. The van der Waals surface area contributed by atoms with Crippen LogP contribution in [0.3, 0.4) is 0 Å².